The van der Waals surface area contributed by atoms with Crippen LogP contribution >= 0.6 is 12.2 Å². The molecule has 0 spiro atoms. The Morgan fingerprint density at radius 1 is 1.38 bits per heavy atom. The summed E-state index contributed by atoms with van der Waals surface area (Å²) in [6.45, 7) is 5.50. The molecular weight excluding hydrogens is 280 g/mol. The predicted octanol–water partition coefficient (Wildman–Crippen LogP) is 3.58. The summed E-state index contributed by atoms with van der Waals surface area (Å²) in [5, 5.41) is 4.55. The van der Waals surface area contributed by atoms with E-state index >= 15 is 0 Å². The zero-order chi connectivity index (χ0) is 14.7. The second-order valence-electron chi connectivity index (χ2n) is 5.74. The fourth-order valence-corrected chi connectivity index (χ4v) is 3.25. The van der Waals surface area contributed by atoms with Crippen LogP contribution in [0.3, 0.4) is 0 Å². The minimum Gasteiger partial charge on any atom is -0.368 e. The van der Waals surface area contributed by atoms with Crippen LogP contribution in [0.4, 0.5) is 5.82 Å². The Morgan fingerprint density at radius 3 is 3.10 bits per heavy atom. The number of aromatic amines is 1. The predicted molar refractivity (Wildman–Crippen MR) is 90.3 cm³/mol. The summed E-state index contributed by atoms with van der Waals surface area (Å²) in [5.74, 6) is 0.888. The summed E-state index contributed by atoms with van der Waals surface area (Å²) in [4.78, 5) is 10.1. The lowest BCUT2D eigenvalue weighted by Crippen LogP contribution is -2.40. The van der Waals surface area contributed by atoms with Gasteiger partial charge in [-0.2, -0.15) is 0 Å². The zero-order valence-corrected chi connectivity index (χ0v) is 13.2. The molecule has 1 aromatic carbocycles. The van der Waals surface area contributed by atoms with Crippen molar-refractivity contribution >= 4 is 28.9 Å². The molecule has 0 unspecified atom stereocenters. The maximum Gasteiger partial charge on any atom is 0.199 e. The standard InChI is InChI=1S/C16H22N4S/c1-12-6-4-5-10-20(12)11-9-17-15-13-7-2-3-8-14(13)18-16(21)19-15/h2-3,7-8,12H,4-6,9-11H2,1H3,(H2,17,18,19,21)/t12-/m1/s1. The molecule has 3 rings (SSSR count). The molecule has 2 aromatic rings. The van der Waals surface area contributed by atoms with Gasteiger partial charge in [0, 0.05) is 24.5 Å². The van der Waals surface area contributed by atoms with Crippen molar-refractivity contribution in [1.82, 2.24) is 14.9 Å². The Labute approximate surface area is 130 Å². The van der Waals surface area contributed by atoms with Crippen molar-refractivity contribution in [3.8, 4) is 0 Å². The van der Waals surface area contributed by atoms with Gasteiger partial charge in [-0.05, 0) is 50.7 Å². The molecule has 1 atom stereocenters. The van der Waals surface area contributed by atoms with E-state index < -0.39 is 0 Å². The van der Waals surface area contributed by atoms with Gasteiger partial charge in [-0.15, -0.1) is 0 Å². The van der Waals surface area contributed by atoms with Gasteiger partial charge in [0.15, 0.2) is 4.77 Å². The average Bonchev–Trinajstić information content (AvgIpc) is 2.49. The van der Waals surface area contributed by atoms with Crippen molar-refractivity contribution in [3.05, 3.63) is 29.0 Å². The fourth-order valence-electron chi connectivity index (χ4n) is 3.05. The first-order valence-corrected chi connectivity index (χ1v) is 8.12. The Bertz CT molecular complexity index is 667. The Hall–Kier alpha value is -1.46. The molecular formula is C16H22N4S. The van der Waals surface area contributed by atoms with Gasteiger partial charge in [0.2, 0.25) is 0 Å². The monoisotopic (exact) mass is 302 g/mol. The second kappa shape index (κ2) is 6.54. The number of nitrogens with one attached hydrogen (secondary N) is 2. The molecule has 4 nitrogen and oxygen atoms in total. The number of nitrogens with zero attached hydrogens (tertiary/aromatic N) is 2. The lowest BCUT2D eigenvalue weighted by Gasteiger charge is -2.33. The van der Waals surface area contributed by atoms with Gasteiger partial charge in [-0.25, -0.2) is 4.98 Å². The number of piperidine rings is 1. The second-order valence-corrected chi connectivity index (χ2v) is 6.13. The van der Waals surface area contributed by atoms with Crippen molar-refractivity contribution in [1.29, 1.82) is 0 Å². The highest BCUT2D eigenvalue weighted by Crippen LogP contribution is 2.19. The first-order chi connectivity index (χ1) is 10.2. The summed E-state index contributed by atoms with van der Waals surface area (Å²) in [5.41, 5.74) is 1.03. The Balaban J connectivity index is 1.69. The van der Waals surface area contributed by atoms with E-state index in [9.17, 15) is 0 Å². The Morgan fingerprint density at radius 2 is 2.24 bits per heavy atom. The van der Waals surface area contributed by atoms with Gasteiger partial charge in [0.05, 0.1) is 5.52 Å². The van der Waals surface area contributed by atoms with Crippen LogP contribution in [0.2, 0.25) is 0 Å². The quantitative estimate of drug-likeness (QED) is 0.847. The van der Waals surface area contributed by atoms with Crippen LogP contribution in [-0.4, -0.2) is 40.5 Å². The van der Waals surface area contributed by atoms with Crippen molar-refractivity contribution in [2.75, 3.05) is 25.0 Å². The van der Waals surface area contributed by atoms with Crippen molar-refractivity contribution < 1.29 is 0 Å². The highest BCUT2D eigenvalue weighted by molar-refractivity contribution is 7.71. The summed E-state index contributed by atoms with van der Waals surface area (Å²) < 4.78 is 0.530. The smallest absolute Gasteiger partial charge is 0.199 e. The van der Waals surface area contributed by atoms with E-state index in [4.69, 9.17) is 12.2 Å². The number of anilines is 1. The number of benzene rings is 1. The maximum absolute atomic E-state index is 5.20. The van der Waals surface area contributed by atoms with Crippen LogP contribution in [0.5, 0.6) is 0 Å². The van der Waals surface area contributed by atoms with Crippen molar-refractivity contribution in [2.45, 2.75) is 32.2 Å². The number of para-hydroxylation sites is 1. The molecule has 0 bridgehead atoms. The third-order valence-corrected chi connectivity index (χ3v) is 4.46. The molecule has 2 N–H and O–H groups in total. The lowest BCUT2D eigenvalue weighted by atomic mass is 10.0. The van der Waals surface area contributed by atoms with Gasteiger partial charge in [0.25, 0.3) is 0 Å². The SMILES string of the molecule is C[C@@H]1CCCCN1CCNc1nc(=S)[nH]c2ccccc12. The highest BCUT2D eigenvalue weighted by atomic mass is 32.1. The molecule has 5 heteroatoms. The summed E-state index contributed by atoms with van der Waals surface area (Å²) >= 11 is 5.20. The van der Waals surface area contributed by atoms with E-state index in [-0.39, 0.29) is 0 Å². The average molecular weight is 302 g/mol. The molecule has 0 amide bonds. The number of likely N-dealkylation sites (tertiary alicyclic amines) is 1. The minimum absolute atomic E-state index is 0.530. The van der Waals surface area contributed by atoms with Crippen LogP contribution in [0, 0.1) is 4.77 Å². The molecule has 1 fully saturated rings. The number of H-pyrrole nitrogens is 1. The molecule has 1 aliphatic rings. The number of aromatic nitrogens is 2. The summed E-state index contributed by atoms with van der Waals surface area (Å²) in [6, 6.07) is 8.83. The largest absolute Gasteiger partial charge is 0.368 e. The van der Waals surface area contributed by atoms with Gasteiger partial charge >= 0.3 is 0 Å². The van der Waals surface area contributed by atoms with Gasteiger partial charge < -0.3 is 10.3 Å². The van der Waals surface area contributed by atoms with E-state index in [1.165, 1.54) is 25.8 Å². The molecule has 21 heavy (non-hydrogen) atoms. The van der Waals surface area contributed by atoms with Gasteiger partial charge in [-0.3, -0.25) is 4.90 Å². The van der Waals surface area contributed by atoms with Crippen LogP contribution in [0.15, 0.2) is 24.3 Å². The molecule has 1 saturated heterocycles. The number of rotatable bonds is 4. The number of hydrogen-bond acceptors (Lipinski definition) is 4. The van der Waals surface area contributed by atoms with Crippen LogP contribution in [0.25, 0.3) is 10.9 Å². The maximum atomic E-state index is 5.20. The first-order valence-electron chi connectivity index (χ1n) is 7.71. The molecule has 112 valence electrons. The first kappa shape index (κ1) is 14.5. The van der Waals surface area contributed by atoms with Crippen LogP contribution in [-0.2, 0) is 0 Å². The van der Waals surface area contributed by atoms with Gasteiger partial charge in [0.1, 0.15) is 5.82 Å². The van der Waals surface area contributed by atoms with Crippen molar-refractivity contribution in [3.63, 3.8) is 0 Å². The topological polar surface area (TPSA) is 44.0 Å². The molecule has 0 radical (unpaired) electrons. The third kappa shape index (κ3) is 3.41. The molecule has 1 aromatic heterocycles. The number of hydrogen-bond donors (Lipinski definition) is 2. The molecule has 1 aliphatic heterocycles. The fraction of sp³-hybridized carbons (Fsp3) is 0.500. The molecule has 0 aliphatic carbocycles. The summed E-state index contributed by atoms with van der Waals surface area (Å²) in [6.07, 6.45) is 4.00. The zero-order valence-electron chi connectivity index (χ0n) is 12.4. The molecule has 2 heterocycles. The van der Waals surface area contributed by atoms with Crippen molar-refractivity contribution in [2.24, 2.45) is 0 Å². The lowest BCUT2D eigenvalue weighted by molar-refractivity contribution is 0.167. The van der Waals surface area contributed by atoms with E-state index in [0.717, 1.165) is 29.8 Å². The molecule has 0 saturated carbocycles. The van der Waals surface area contributed by atoms with E-state index in [2.05, 4.69) is 33.2 Å². The number of fused-ring (bicyclic) bond motifs is 1. The van der Waals surface area contributed by atoms with E-state index in [1.807, 2.05) is 18.2 Å². The van der Waals surface area contributed by atoms with Crippen LogP contribution in [0.1, 0.15) is 26.2 Å². The van der Waals surface area contributed by atoms with E-state index in [0.29, 0.717) is 10.8 Å². The Kier molecular flexibility index (Phi) is 4.51. The van der Waals surface area contributed by atoms with Gasteiger partial charge in [-0.1, -0.05) is 18.6 Å². The summed E-state index contributed by atoms with van der Waals surface area (Å²) in [7, 11) is 0. The third-order valence-electron chi connectivity index (χ3n) is 4.27. The van der Waals surface area contributed by atoms with E-state index in [1.54, 1.807) is 0 Å². The normalized spacial score (nSPS) is 19.8. The highest BCUT2D eigenvalue weighted by Gasteiger charge is 2.17. The minimum atomic E-state index is 0.530. The van der Waals surface area contributed by atoms with Crippen LogP contribution < -0.4 is 5.32 Å².